The van der Waals surface area contributed by atoms with Gasteiger partial charge in [0.2, 0.25) is 0 Å². The normalized spacial score (nSPS) is 8.57. The Morgan fingerprint density at radius 2 is 1.86 bits per heavy atom. The average Bonchev–Trinajstić information content (AvgIpc) is 1.35. The molecular weight excluding hydrogens is 123 g/mol. The van der Waals surface area contributed by atoms with E-state index in [0.717, 1.165) is 12.3 Å². The van der Waals surface area contributed by atoms with Gasteiger partial charge in [-0.2, -0.15) is 6.42 Å². The van der Waals surface area contributed by atoms with E-state index in [2.05, 4.69) is 20.8 Å². The van der Waals surface area contributed by atoms with Crippen molar-refractivity contribution in [2.24, 2.45) is 5.92 Å². The van der Waals surface area contributed by atoms with Crippen LogP contribution in [0.5, 0.6) is 0 Å². The summed E-state index contributed by atoms with van der Waals surface area (Å²) in [7, 11) is 0. The first-order chi connectivity index (χ1) is 2.77. The Bertz CT molecular complexity index is 25.4. The van der Waals surface area contributed by atoms with Crippen molar-refractivity contribution in [2.45, 2.75) is 26.7 Å². The zero-order valence-corrected chi connectivity index (χ0v) is 6.54. The summed E-state index contributed by atoms with van der Waals surface area (Å²) < 4.78 is 0. The fourth-order valence-corrected chi connectivity index (χ4v) is 0.408. The van der Waals surface area contributed by atoms with E-state index in [0.29, 0.717) is 0 Å². The molecule has 7 heavy (non-hydrogen) atoms. The van der Waals surface area contributed by atoms with E-state index in [1.807, 2.05) is 0 Å². The summed E-state index contributed by atoms with van der Waals surface area (Å²) in [5, 5.41) is 0. The fourth-order valence-electron chi connectivity index (χ4n) is 0.408. The molecule has 0 fully saturated rings. The van der Waals surface area contributed by atoms with Crippen molar-refractivity contribution in [3.63, 3.8) is 0 Å². The molecular formula is C6H13V-. The quantitative estimate of drug-likeness (QED) is 0.511. The molecule has 0 bridgehead atoms. The van der Waals surface area contributed by atoms with Gasteiger partial charge in [0.15, 0.2) is 0 Å². The molecule has 1 radical (unpaired) electrons. The smallest absolute Gasteiger partial charge is 0 e. The van der Waals surface area contributed by atoms with Gasteiger partial charge in [0.05, 0.1) is 0 Å². The standard InChI is InChI=1S/C6H13.V/c1-4-5-6(2)3;/h6H,1,4-5H2,2-3H3;/q-1;. The van der Waals surface area contributed by atoms with Gasteiger partial charge in [-0.05, 0) is 5.92 Å². The van der Waals surface area contributed by atoms with Crippen LogP contribution in [0.4, 0.5) is 0 Å². The second-order valence-corrected chi connectivity index (χ2v) is 2.04. The molecule has 0 nitrogen and oxygen atoms in total. The molecule has 43 valence electrons. The minimum Gasteiger partial charge on any atom is -0.343 e. The maximum atomic E-state index is 3.73. The molecule has 0 N–H and O–H groups in total. The zero-order valence-electron chi connectivity index (χ0n) is 5.15. The van der Waals surface area contributed by atoms with Gasteiger partial charge in [-0.25, -0.2) is 0 Å². The van der Waals surface area contributed by atoms with Crippen LogP contribution in [0.2, 0.25) is 0 Å². The van der Waals surface area contributed by atoms with E-state index < -0.39 is 0 Å². The minimum absolute atomic E-state index is 0. The molecule has 0 aliphatic heterocycles. The molecule has 0 spiro atoms. The van der Waals surface area contributed by atoms with Crippen molar-refractivity contribution in [1.82, 2.24) is 0 Å². The summed E-state index contributed by atoms with van der Waals surface area (Å²) in [6, 6.07) is 0. The van der Waals surface area contributed by atoms with Gasteiger partial charge in [-0.3, -0.25) is 0 Å². The third-order valence-corrected chi connectivity index (χ3v) is 0.781. The van der Waals surface area contributed by atoms with E-state index in [1.54, 1.807) is 0 Å². The molecule has 0 unspecified atom stereocenters. The molecule has 0 aliphatic carbocycles. The average molecular weight is 136 g/mol. The van der Waals surface area contributed by atoms with Crippen LogP contribution in [-0.2, 0) is 18.6 Å². The second kappa shape index (κ2) is 6.58. The largest absolute Gasteiger partial charge is 0.343 e. The molecule has 0 atom stereocenters. The van der Waals surface area contributed by atoms with Gasteiger partial charge in [-0.1, -0.05) is 20.3 Å². The summed E-state index contributed by atoms with van der Waals surface area (Å²) in [5.74, 6) is 0.836. The molecule has 0 aliphatic rings. The molecule has 0 saturated carbocycles. The van der Waals surface area contributed by atoms with Gasteiger partial charge in [0.1, 0.15) is 0 Å². The molecule has 0 aromatic rings. The molecule has 1 heteroatoms. The van der Waals surface area contributed by atoms with Crippen LogP contribution < -0.4 is 0 Å². The van der Waals surface area contributed by atoms with Crippen molar-refractivity contribution in [1.29, 1.82) is 0 Å². The van der Waals surface area contributed by atoms with Crippen LogP contribution in [-0.4, -0.2) is 0 Å². The van der Waals surface area contributed by atoms with E-state index in [-0.39, 0.29) is 18.6 Å². The molecule has 0 aromatic carbocycles. The number of hydrogen-bond donors (Lipinski definition) is 0. The SMILES string of the molecule is [CH2-]CCC(C)C.[V]. The van der Waals surface area contributed by atoms with Crippen molar-refractivity contribution < 1.29 is 18.6 Å². The first-order valence-electron chi connectivity index (χ1n) is 2.56. The van der Waals surface area contributed by atoms with Crippen molar-refractivity contribution in [3.8, 4) is 0 Å². The Kier molecular flexibility index (Phi) is 9.92. The van der Waals surface area contributed by atoms with Crippen LogP contribution in [0.15, 0.2) is 0 Å². The Labute approximate surface area is 58.6 Å². The van der Waals surface area contributed by atoms with E-state index >= 15 is 0 Å². The Morgan fingerprint density at radius 3 is 1.86 bits per heavy atom. The van der Waals surface area contributed by atoms with Crippen LogP contribution in [0, 0.1) is 12.8 Å². The van der Waals surface area contributed by atoms with Gasteiger partial charge in [0.25, 0.3) is 0 Å². The van der Waals surface area contributed by atoms with Gasteiger partial charge in [-0.15, -0.1) is 0 Å². The molecule has 0 amide bonds. The Hall–Kier alpha value is 0.584. The minimum atomic E-state index is 0. The summed E-state index contributed by atoms with van der Waals surface area (Å²) in [6.45, 7) is 8.15. The van der Waals surface area contributed by atoms with Crippen LogP contribution in [0.25, 0.3) is 0 Å². The summed E-state index contributed by atoms with van der Waals surface area (Å²) in [5.41, 5.74) is 0. The van der Waals surface area contributed by atoms with Crippen LogP contribution >= 0.6 is 0 Å². The van der Waals surface area contributed by atoms with E-state index in [1.165, 1.54) is 6.42 Å². The van der Waals surface area contributed by atoms with E-state index in [4.69, 9.17) is 0 Å². The maximum Gasteiger partial charge on any atom is 0 e. The fraction of sp³-hybridized carbons (Fsp3) is 0.833. The zero-order chi connectivity index (χ0) is 4.99. The van der Waals surface area contributed by atoms with Crippen LogP contribution in [0.1, 0.15) is 26.7 Å². The van der Waals surface area contributed by atoms with Crippen molar-refractivity contribution >= 4 is 0 Å². The number of hydrogen-bond acceptors (Lipinski definition) is 0. The number of rotatable bonds is 2. The van der Waals surface area contributed by atoms with Crippen LogP contribution in [0.3, 0.4) is 0 Å². The predicted molar refractivity (Wildman–Crippen MR) is 29.4 cm³/mol. The van der Waals surface area contributed by atoms with Gasteiger partial charge < -0.3 is 6.92 Å². The topological polar surface area (TPSA) is 0 Å². The Balaban J connectivity index is 0. The first-order valence-corrected chi connectivity index (χ1v) is 2.56. The molecule has 0 saturated heterocycles. The Morgan fingerprint density at radius 1 is 1.43 bits per heavy atom. The molecule has 0 heterocycles. The van der Waals surface area contributed by atoms with E-state index in [9.17, 15) is 0 Å². The third kappa shape index (κ3) is 10.8. The molecule has 0 aromatic heterocycles. The second-order valence-electron chi connectivity index (χ2n) is 2.04. The van der Waals surface area contributed by atoms with Gasteiger partial charge >= 0.3 is 0 Å². The van der Waals surface area contributed by atoms with Crippen molar-refractivity contribution in [2.75, 3.05) is 0 Å². The molecule has 0 rings (SSSR count). The predicted octanol–water partition coefficient (Wildman–Crippen LogP) is 2.25. The van der Waals surface area contributed by atoms with Crippen molar-refractivity contribution in [3.05, 3.63) is 6.92 Å². The maximum absolute atomic E-state index is 3.73. The first kappa shape index (κ1) is 10.5. The monoisotopic (exact) mass is 136 g/mol. The summed E-state index contributed by atoms with van der Waals surface area (Å²) in [6.07, 6.45) is 2.34. The van der Waals surface area contributed by atoms with Gasteiger partial charge in [0, 0.05) is 18.6 Å². The third-order valence-electron chi connectivity index (χ3n) is 0.781. The summed E-state index contributed by atoms with van der Waals surface area (Å²) >= 11 is 0. The summed E-state index contributed by atoms with van der Waals surface area (Å²) in [4.78, 5) is 0.